The zero-order valence-corrected chi connectivity index (χ0v) is 18.9. The Morgan fingerprint density at radius 3 is 2.84 bits per heavy atom. The van der Waals surface area contributed by atoms with Gasteiger partial charge in [-0.1, -0.05) is 24.3 Å². The quantitative estimate of drug-likeness (QED) is 0.594. The monoisotopic (exact) mass is 446 g/mol. The molecule has 1 aliphatic rings. The fourth-order valence-electron chi connectivity index (χ4n) is 3.76. The average Bonchev–Trinajstić information content (AvgIpc) is 3.47. The molecular formula is C24H22N4OS2. The topological polar surface area (TPSA) is 82.5 Å². The number of carbonyl (C=O) groups is 1. The van der Waals surface area contributed by atoms with Crippen LogP contribution in [0.1, 0.15) is 28.7 Å². The Bertz CT molecular complexity index is 1200. The summed E-state index contributed by atoms with van der Waals surface area (Å²) in [5, 5.41) is 13.3. The van der Waals surface area contributed by atoms with Crippen molar-refractivity contribution < 1.29 is 4.79 Å². The number of hydrogen-bond acceptors (Lipinski definition) is 6. The van der Waals surface area contributed by atoms with Gasteiger partial charge in [0.05, 0.1) is 17.6 Å². The summed E-state index contributed by atoms with van der Waals surface area (Å²) in [5.74, 6) is -0.169. The number of nitrogens with zero attached hydrogens (tertiary/aromatic N) is 3. The van der Waals surface area contributed by atoms with Crippen LogP contribution in [0.2, 0.25) is 0 Å². The molecule has 1 unspecified atom stereocenters. The second-order valence-corrected chi connectivity index (χ2v) is 9.50. The van der Waals surface area contributed by atoms with Crippen molar-refractivity contribution >= 4 is 40.6 Å². The number of guanidine groups is 1. The number of rotatable bonds is 5. The van der Waals surface area contributed by atoms with Crippen molar-refractivity contribution in [1.82, 2.24) is 4.90 Å². The van der Waals surface area contributed by atoms with Crippen LogP contribution >= 0.6 is 22.7 Å². The van der Waals surface area contributed by atoms with E-state index in [2.05, 4.69) is 12.1 Å². The van der Waals surface area contributed by atoms with E-state index in [1.807, 2.05) is 60.2 Å². The molecule has 5 nitrogen and oxygen atoms in total. The molecule has 0 spiro atoms. The molecule has 4 rings (SSSR count). The van der Waals surface area contributed by atoms with Crippen LogP contribution in [0.5, 0.6) is 0 Å². The summed E-state index contributed by atoms with van der Waals surface area (Å²) >= 11 is 3.23. The third-order valence-corrected chi connectivity index (χ3v) is 7.61. The lowest BCUT2D eigenvalue weighted by Gasteiger charge is -2.39. The van der Waals surface area contributed by atoms with Crippen molar-refractivity contribution in [2.45, 2.75) is 18.9 Å². The predicted molar refractivity (Wildman–Crippen MR) is 128 cm³/mol. The lowest BCUT2D eigenvalue weighted by atomic mass is 9.79. The fraction of sp³-hybridized carbons (Fsp3) is 0.208. The predicted octanol–water partition coefficient (Wildman–Crippen LogP) is 5.07. The number of nitrogens with two attached hydrogens (primary N) is 1. The normalized spacial score (nSPS) is 21.3. The molecule has 3 aromatic rings. The Morgan fingerprint density at radius 2 is 2.10 bits per heavy atom. The minimum Gasteiger partial charge on any atom is -0.369 e. The fourth-order valence-corrected chi connectivity index (χ4v) is 5.49. The summed E-state index contributed by atoms with van der Waals surface area (Å²) in [6.07, 6.45) is 4.65. The Kier molecular flexibility index (Phi) is 5.77. The highest BCUT2D eigenvalue weighted by molar-refractivity contribution is 7.11. The van der Waals surface area contributed by atoms with Gasteiger partial charge in [-0.25, -0.2) is 4.99 Å². The second-order valence-electron chi connectivity index (χ2n) is 7.61. The van der Waals surface area contributed by atoms with Crippen LogP contribution in [0.3, 0.4) is 0 Å². The van der Waals surface area contributed by atoms with Gasteiger partial charge in [-0.05, 0) is 65.6 Å². The summed E-state index contributed by atoms with van der Waals surface area (Å²) in [7, 11) is 1.67. The summed E-state index contributed by atoms with van der Waals surface area (Å²) in [6.45, 7) is 1.98. The molecule has 0 fully saturated rings. The molecule has 1 aromatic carbocycles. The molecule has 0 saturated heterocycles. The van der Waals surface area contributed by atoms with Gasteiger partial charge in [0.15, 0.2) is 5.96 Å². The maximum atomic E-state index is 13.2. The van der Waals surface area contributed by atoms with E-state index in [-0.39, 0.29) is 17.8 Å². The van der Waals surface area contributed by atoms with E-state index >= 15 is 0 Å². The highest BCUT2D eigenvalue weighted by atomic mass is 32.1. The van der Waals surface area contributed by atoms with E-state index in [1.54, 1.807) is 35.8 Å². The maximum Gasteiger partial charge on any atom is 0.235 e. The summed E-state index contributed by atoms with van der Waals surface area (Å²) in [4.78, 5) is 21.5. The molecule has 0 saturated carbocycles. The van der Waals surface area contributed by atoms with Crippen LogP contribution in [-0.2, 0) is 10.3 Å². The van der Waals surface area contributed by atoms with Crippen LogP contribution < -0.4 is 5.73 Å². The Labute approximate surface area is 189 Å². The van der Waals surface area contributed by atoms with Crippen molar-refractivity contribution in [2.24, 2.45) is 16.6 Å². The molecule has 0 bridgehead atoms. The van der Waals surface area contributed by atoms with Crippen molar-refractivity contribution in [2.75, 3.05) is 7.05 Å². The van der Waals surface area contributed by atoms with Gasteiger partial charge < -0.3 is 5.73 Å². The van der Waals surface area contributed by atoms with Crippen molar-refractivity contribution in [3.05, 3.63) is 74.6 Å². The van der Waals surface area contributed by atoms with E-state index in [0.717, 1.165) is 20.9 Å². The Morgan fingerprint density at radius 1 is 1.26 bits per heavy atom. The van der Waals surface area contributed by atoms with E-state index in [9.17, 15) is 10.1 Å². The number of benzene rings is 1. The molecule has 156 valence electrons. The second kappa shape index (κ2) is 8.50. The zero-order valence-electron chi connectivity index (χ0n) is 17.3. The number of thiophene rings is 2. The van der Waals surface area contributed by atoms with Crippen molar-refractivity contribution in [3.8, 4) is 17.2 Å². The Hall–Kier alpha value is -3.21. The van der Waals surface area contributed by atoms with Gasteiger partial charge in [-0.15, -0.1) is 22.7 Å². The van der Waals surface area contributed by atoms with E-state index < -0.39 is 5.54 Å². The summed E-state index contributed by atoms with van der Waals surface area (Å²) in [6, 6.07) is 15.8. The van der Waals surface area contributed by atoms with E-state index in [4.69, 9.17) is 10.7 Å². The van der Waals surface area contributed by atoms with Gasteiger partial charge in [0.2, 0.25) is 5.91 Å². The molecule has 31 heavy (non-hydrogen) atoms. The standard InChI is InChI=1S/C24H22N4OS2/c1-24(21-13-18(15-31-21)17-7-3-6-16(12-17)14-25)20(22(29)28(2)23(26)27-24)10-4-8-19-9-5-11-30-19/h3-9,11-13,15,20H,10H2,1-2H3,(H2,26,27)/t20?,24-/m0/s1. The van der Waals surface area contributed by atoms with Crippen LogP contribution in [0.4, 0.5) is 0 Å². The molecule has 3 heterocycles. The lowest BCUT2D eigenvalue weighted by molar-refractivity contribution is -0.133. The summed E-state index contributed by atoms with van der Waals surface area (Å²) in [5.41, 5.74) is 7.94. The first kappa shape index (κ1) is 21.0. The lowest BCUT2D eigenvalue weighted by Crippen LogP contribution is -2.53. The first-order valence-corrected chi connectivity index (χ1v) is 11.6. The molecule has 1 amide bonds. The van der Waals surface area contributed by atoms with E-state index in [1.165, 1.54) is 4.90 Å². The van der Waals surface area contributed by atoms with Crippen LogP contribution in [-0.4, -0.2) is 23.8 Å². The molecule has 0 aliphatic carbocycles. The molecule has 2 atom stereocenters. The largest absolute Gasteiger partial charge is 0.369 e. The van der Waals surface area contributed by atoms with Gasteiger partial charge >= 0.3 is 0 Å². The smallest absolute Gasteiger partial charge is 0.235 e. The van der Waals surface area contributed by atoms with Gasteiger partial charge in [0, 0.05) is 16.8 Å². The van der Waals surface area contributed by atoms with Gasteiger partial charge in [-0.2, -0.15) is 5.26 Å². The molecule has 2 N–H and O–H groups in total. The molecule has 1 aliphatic heterocycles. The number of aliphatic imine (C=N–C) groups is 1. The van der Waals surface area contributed by atoms with E-state index in [0.29, 0.717) is 12.0 Å². The number of hydrogen-bond donors (Lipinski definition) is 1. The molecule has 0 radical (unpaired) electrons. The van der Waals surface area contributed by atoms with Crippen LogP contribution in [0.15, 0.2) is 64.3 Å². The SMILES string of the molecule is CN1C(=O)C(CC=Cc2cccs2)[C@@](C)(c2cc(-c3cccc(C#N)c3)cs2)N=C1N. The number of carbonyl (C=O) groups excluding carboxylic acids is 1. The maximum absolute atomic E-state index is 13.2. The number of nitriles is 1. The molecule has 7 heteroatoms. The third kappa shape index (κ3) is 4.05. The highest BCUT2D eigenvalue weighted by Crippen LogP contribution is 2.44. The minimum atomic E-state index is -0.761. The zero-order chi connectivity index (χ0) is 22.0. The summed E-state index contributed by atoms with van der Waals surface area (Å²) < 4.78 is 0. The minimum absolute atomic E-state index is 0.0349. The van der Waals surface area contributed by atoms with Gasteiger partial charge in [0.25, 0.3) is 0 Å². The van der Waals surface area contributed by atoms with Gasteiger partial charge in [-0.3, -0.25) is 9.69 Å². The Balaban J connectivity index is 1.70. The first-order valence-electron chi connectivity index (χ1n) is 9.85. The highest BCUT2D eigenvalue weighted by Gasteiger charge is 2.46. The molecular weight excluding hydrogens is 424 g/mol. The van der Waals surface area contributed by atoms with Crippen molar-refractivity contribution in [1.29, 1.82) is 5.26 Å². The van der Waals surface area contributed by atoms with Crippen LogP contribution in [0.25, 0.3) is 17.2 Å². The van der Waals surface area contributed by atoms with Crippen LogP contribution in [0, 0.1) is 17.2 Å². The van der Waals surface area contributed by atoms with Gasteiger partial charge in [0.1, 0.15) is 5.54 Å². The molecule has 2 aromatic heterocycles. The third-order valence-electron chi connectivity index (χ3n) is 5.62. The average molecular weight is 447 g/mol. The first-order chi connectivity index (χ1) is 14.9. The van der Waals surface area contributed by atoms with Crippen molar-refractivity contribution in [3.63, 3.8) is 0 Å². The number of amides is 1. The number of allylic oxidation sites excluding steroid dienone is 1.